The van der Waals surface area contributed by atoms with E-state index < -0.39 is 0 Å². The molecule has 0 aliphatic carbocycles. The highest BCUT2D eigenvalue weighted by Crippen LogP contribution is 2.16. The van der Waals surface area contributed by atoms with Crippen LogP contribution in [-0.2, 0) is 13.0 Å². The number of hydrogen-bond donors (Lipinski definition) is 1. The van der Waals surface area contributed by atoms with E-state index in [0.717, 1.165) is 18.1 Å². The lowest BCUT2D eigenvalue weighted by molar-refractivity contribution is 0.395. The van der Waals surface area contributed by atoms with Crippen LogP contribution in [0.3, 0.4) is 0 Å². The van der Waals surface area contributed by atoms with Gasteiger partial charge in [-0.25, -0.2) is 15.0 Å². The molecule has 0 saturated heterocycles. The molecule has 1 unspecified atom stereocenters. The van der Waals surface area contributed by atoms with Crippen molar-refractivity contribution in [3.63, 3.8) is 0 Å². The van der Waals surface area contributed by atoms with Crippen LogP contribution in [0.4, 0.5) is 0 Å². The van der Waals surface area contributed by atoms with Crippen LogP contribution in [0.15, 0.2) is 24.8 Å². The molecule has 1 atom stereocenters. The summed E-state index contributed by atoms with van der Waals surface area (Å²) in [5.74, 6) is 1.48. The Hall–Kier alpha value is -1.95. The highest BCUT2D eigenvalue weighted by molar-refractivity contribution is 5.17. The second-order valence-electron chi connectivity index (χ2n) is 3.93. The quantitative estimate of drug-likeness (QED) is 0.850. The van der Waals surface area contributed by atoms with E-state index in [9.17, 15) is 0 Å². The molecule has 2 heterocycles. The second kappa shape index (κ2) is 5.59. The Morgan fingerprint density at radius 3 is 2.94 bits per heavy atom. The molecule has 0 bridgehead atoms. The van der Waals surface area contributed by atoms with Gasteiger partial charge in [0.05, 0.1) is 18.8 Å². The lowest BCUT2D eigenvalue weighted by Crippen LogP contribution is -2.17. The molecule has 0 radical (unpaired) electrons. The molecular weight excluding hydrogens is 230 g/mol. The molecular formula is C12H17N5O. The fourth-order valence-corrected chi connectivity index (χ4v) is 1.79. The van der Waals surface area contributed by atoms with E-state index in [1.54, 1.807) is 19.4 Å². The van der Waals surface area contributed by atoms with E-state index >= 15 is 0 Å². The number of aryl methyl sites for hydroxylation is 1. The third-order valence-electron chi connectivity index (χ3n) is 2.80. The highest BCUT2D eigenvalue weighted by Gasteiger charge is 2.13. The van der Waals surface area contributed by atoms with Crippen molar-refractivity contribution in [3.05, 3.63) is 36.3 Å². The molecule has 6 nitrogen and oxygen atoms in total. The molecule has 96 valence electrons. The van der Waals surface area contributed by atoms with Crippen LogP contribution in [0.1, 0.15) is 24.5 Å². The molecule has 0 fully saturated rings. The fourth-order valence-electron chi connectivity index (χ4n) is 1.79. The lowest BCUT2D eigenvalue weighted by Gasteiger charge is -2.12. The zero-order valence-electron chi connectivity index (χ0n) is 10.6. The van der Waals surface area contributed by atoms with Crippen LogP contribution >= 0.6 is 0 Å². The third-order valence-corrected chi connectivity index (χ3v) is 2.80. The first-order chi connectivity index (χ1) is 8.74. The summed E-state index contributed by atoms with van der Waals surface area (Å²) in [4.78, 5) is 12.4. The van der Waals surface area contributed by atoms with Crippen molar-refractivity contribution < 1.29 is 4.74 Å². The van der Waals surface area contributed by atoms with Crippen LogP contribution in [0, 0.1) is 0 Å². The highest BCUT2D eigenvalue weighted by atomic mass is 16.5. The Morgan fingerprint density at radius 2 is 2.22 bits per heavy atom. The van der Waals surface area contributed by atoms with Crippen molar-refractivity contribution in [3.8, 4) is 5.88 Å². The van der Waals surface area contributed by atoms with E-state index in [-0.39, 0.29) is 6.04 Å². The summed E-state index contributed by atoms with van der Waals surface area (Å²) in [6, 6.07) is 1.54. The van der Waals surface area contributed by atoms with Gasteiger partial charge in [0, 0.05) is 31.4 Å². The number of ether oxygens (including phenoxy) is 1. The smallest absolute Gasteiger partial charge is 0.216 e. The third kappa shape index (κ3) is 2.65. The number of rotatable bonds is 5. The number of nitrogens with two attached hydrogens (primary N) is 1. The Bertz CT molecular complexity index is 511. The van der Waals surface area contributed by atoms with Crippen LogP contribution in [0.25, 0.3) is 0 Å². The van der Waals surface area contributed by atoms with Gasteiger partial charge in [-0.2, -0.15) is 0 Å². The van der Waals surface area contributed by atoms with Crippen molar-refractivity contribution in [2.24, 2.45) is 5.73 Å². The number of imidazole rings is 1. The summed E-state index contributed by atoms with van der Waals surface area (Å²) in [5, 5.41) is 0. The van der Waals surface area contributed by atoms with E-state index in [1.165, 1.54) is 6.33 Å². The Morgan fingerprint density at radius 1 is 1.39 bits per heavy atom. The topological polar surface area (TPSA) is 78.9 Å². The average molecular weight is 247 g/mol. The zero-order chi connectivity index (χ0) is 13.0. The van der Waals surface area contributed by atoms with Crippen molar-refractivity contribution >= 4 is 0 Å². The summed E-state index contributed by atoms with van der Waals surface area (Å²) in [7, 11) is 1.57. The first kappa shape index (κ1) is 12.5. The van der Waals surface area contributed by atoms with Gasteiger partial charge in [0.1, 0.15) is 12.2 Å². The molecule has 2 rings (SSSR count). The molecule has 18 heavy (non-hydrogen) atoms. The first-order valence-electron chi connectivity index (χ1n) is 5.86. The first-order valence-corrected chi connectivity index (χ1v) is 5.86. The Balaban J connectivity index is 2.13. The maximum absolute atomic E-state index is 6.13. The summed E-state index contributed by atoms with van der Waals surface area (Å²) in [5.41, 5.74) is 6.89. The van der Waals surface area contributed by atoms with Crippen molar-refractivity contribution in [2.75, 3.05) is 7.11 Å². The molecule has 0 spiro atoms. The lowest BCUT2D eigenvalue weighted by atomic mass is 10.1. The average Bonchev–Trinajstić information content (AvgIpc) is 2.86. The molecule has 0 aromatic carbocycles. The van der Waals surface area contributed by atoms with Crippen molar-refractivity contribution in [2.45, 2.75) is 25.9 Å². The van der Waals surface area contributed by atoms with Crippen LogP contribution in [-0.4, -0.2) is 26.6 Å². The van der Waals surface area contributed by atoms with Crippen molar-refractivity contribution in [1.82, 2.24) is 19.5 Å². The molecule has 2 aromatic heterocycles. The van der Waals surface area contributed by atoms with Crippen LogP contribution < -0.4 is 10.5 Å². The second-order valence-corrected chi connectivity index (χ2v) is 3.93. The van der Waals surface area contributed by atoms with Gasteiger partial charge in [0.2, 0.25) is 5.88 Å². The monoisotopic (exact) mass is 247 g/mol. The molecule has 6 heteroatoms. The van der Waals surface area contributed by atoms with E-state index in [0.29, 0.717) is 12.3 Å². The molecule has 0 saturated carbocycles. The van der Waals surface area contributed by atoms with Crippen LogP contribution in [0.2, 0.25) is 0 Å². The molecule has 2 aromatic rings. The van der Waals surface area contributed by atoms with Gasteiger partial charge < -0.3 is 15.0 Å². The van der Waals surface area contributed by atoms with Gasteiger partial charge in [-0.1, -0.05) is 0 Å². The standard InChI is InChI=1S/C12H17N5O/c1-3-17-5-4-14-11(17)6-9(13)10-7-12(18-2)16-8-15-10/h4-5,7-9H,3,6,13H2,1-2H3. The Kier molecular flexibility index (Phi) is 3.88. The molecule has 2 N–H and O–H groups in total. The fraction of sp³-hybridized carbons (Fsp3) is 0.417. The van der Waals surface area contributed by atoms with E-state index in [2.05, 4.69) is 26.4 Å². The van der Waals surface area contributed by atoms with Crippen LogP contribution in [0.5, 0.6) is 5.88 Å². The minimum atomic E-state index is -0.213. The number of hydrogen-bond acceptors (Lipinski definition) is 5. The maximum atomic E-state index is 6.13. The minimum Gasteiger partial charge on any atom is -0.481 e. The summed E-state index contributed by atoms with van der Waals surface area (Å²) >= 11 is 0. The molecule has 0 aliphatic rings. The van der Waals surface area contributed by atoms with Gasteiger partial charge in [0.15, 0.2) is 0 Å². The number of nitrogens with zero attached hydrogens (tertiary/aromatic N) is 4. The largest absolute Gasteiger partial charge is 0.481 e. The SMILES string of the molecule is CCn1ccnc1CC(N)c1cc(OC)ncn1. The maximum Gasteiger partial charge on any atom is 0.216 e. The normalized spacial score (nSPS) is 12.4. The number of aromatic nitrogens is 4. The van der Waals surface area contributed by atoms with E-state index in [1.807, 2.05) is 6.20 Å². The Labute approximate surface area is 106 Å². The van der Waals surface area contributed by atoms with Gasteiger partial charge in [-0.3, -0.25) is 0 Å². The summed E-state index contributed by atoms with van der Waals surface area (Å²) in [6.07, 6.45) is 5.83. The van der Waals surface area contributed by atoms with Gasteiger partial charge >= 0.3 is 0 Å². The molecule has 0 amide bonds. The zero-order valence-corrected chi connectivity index (χ0v) is 10.6. The van der Waals surface area contributed by atoms with Gasteiger partial charge in [-0.05, 0) is 6.92 Å². The predicted octanol–water partition coefficient (Wildman–Crippen LogP) is 0.944. The van der Waals surface area contributed by atoms with Crippen molar-refractivity contribution in [1.29, 1.82) is 0 Å². The van der Waals surface area contributed by atoms with Gasteiger partial charge in [0.25, 0.3) is 0 Å². The van der Waals surface area contributed by atoms with Gasteiger partial charge in [-0.15, -0.1) is 0 Å². The minimum absolute atomic E-state index is 0.213. The summed E-state index contributed by atoms with van der Waals surface area (Å²) in [6.45, 7) is 2.96. The summed E-state index contributed by atoms with van der Waals surface area (Å²) < 4.78 is 7.13. The number of methoxy groups -OCH3 is 1. The predicted molar refractivity (Wildman–Crippen MR) is 67.1 cm³/mol. The molecule has 0 aliphatic heterocycles. The van der Waals surface area contributed by atoms with E-state index in [4.69, 9.17) is 10.5 Å².